The van der Waals surface area contributed by atoms with Gasteiger partial charge in [-0.3, -0.25) is 9.59 Å². The molecule has 0 saturated heterocycles. The Morgan fingerprint density at radius 1 is 1.00 bits per heavy atom. The summed E-state index contributed by atoms with van der Waals surface area (Å²) in [5.74, 6) is 3.26. The quantitative estimate of drug-likeness (QED) is 0.645. The summed E-state index contributed by atoms with van der Waals surface area (Å²) in [7, 11) is 0. The lowest BCUT2D eigenvalue weighted by molar-refractivity contribution is -0.159. The summed E-state index contributed by atoms with van der Waals surface area (Å²) in [5.41, 5.74) is -0.695. The molecule has 4 aliphatic carbocycles. The van der Waals surface area contributed by atoms with Gasteiger partial charge < -0.3 is 10.2 Å². The number of rotatable bonds is 5. The summed E-state index contributed by atoms with van der Waals surface area (Å²) in [6, 6.07) is 0. The Morgan fingerprint density at radius 2 is 1.68 bits per heavy atom. The van der Waals surface area contributed by atoms with Crippen molar-refractivity contribution in [2.75, 3.05) is 0 Å². The van der Waals surface area contributed by atoms with E-state index in [1.807, 2.05) is 0 Å². The lowest BCUT2D eigenvalue weighted by Crippen LogP contribution is -2.57. The van der Waals surface area contributed by atoms with Gasteiger partial charge in [0, 0.05) is 25.2 Å². The van der Waals surface area contributed by atoms with Crippen LogP contribution in [0.4, 0.5) is 0 Å². The zero-order valence-corrected chi connectivity index (χ0v) is 20.3. The van der Waals surface area contributed by atoms with E-state index in [-0.39, 0.29) is 22.7 Å². The van der Waals surface area contributed by atoms with Crippen molar-refractivity contribution in [2.45, 2.75) is 111 Å². The van der Waals surface area contributed by atoms with Crippen LogP contribution in [-0.4, -0.2) is 33.5 Å². The lowest BCUT2D eigenvalue weighted by atomic mass is 9.44. The highest BCUT2D eigenvalue weighted by Crippen LogP contribution is 2.67. The minimum Gasteiger partial charge on any atom is -0.390 e. The molecular formula is C27H44O4. The molecule has 2 N–H and O–H groups in total. The van der Waals surface area contributed by atoms with E-state index in [9.17, 15) is 19.8 Å². The molecule has 31 heavy (non-hydrogen) atoms. The maximum Gasteiger partial charge on any atom is 0.136 e. The number of aliphatic hydroxyl groups is 2. The molecule has 0 aromatic rings. The normalized spacial score (nSPS) is 44.9. The van der Waals surface area contributed by atoms with E-state index in [2.05, 4.69) is 20.8 Å². The maximum atomic E-state index is 13.4. The topological polar surface area (TPSA) is 74.6 Å². The highest BCUT2D eigenvalue weighted by atomic mass is 16.3. The first-order valence-corrected chi connectivity index (χ1v) is 12.8. The fourth-order valence-corrected chi connectivity index (χ4v) is 8.67. The molecule has 176 valence electrons. The molecule has 4 fully saturated rings. The van der Waals surface area contributed by atoms with Crippen LogP contribution in [0.25, 0.3) is 0 Å². The number of fused-ring (bicyclic) bond motifs is 5. The Balaban J connectivity index is 1.50. The van der Waals surface area contributed by atoms with Gasteiger partial charge in [-0.15, -0.1) is 0 Å². The number of carbonyl (C=O) groups excluding carboxylic acids is 2. The van der Waals surface area contributed by atoms with Gasteiger partial charge in [0.15, 0.2) is 0 Å². The van der Waals surface area contributed by atoms with E-state index >= 15 is 0 Å². The molecule has 4 heteroatoms. The first-order chi connectivity index (χ1) is 14.4. The highest BCUT2D eigenvalue weighted by molar-refractivity contribution is 5.86. The van der Waals surface area contributed by atoms with Gasteiger partial charge in [0.05, 0.1) is 11.7 Å². The van der Waals surface area contributed by atoms with Crippen molar-refractivity contribution in [3.63, 3.8) is 0 Å². The van der Waals surface area contributed by atoms with Crippen LogP contribution in [0.1, 0.15) is 98.8 Å². The molecule has 0 amide bonds. The summed E-state index contributed by atoms with van der Waals surface area (Å²) in [6.07, 6.45) is 8.40. The third-order valence-electron chi connectivity index (χ3n) is 10.8. The molecule has 0 radical (unpaired) electrons. The fourth-order valence-electron chi connectivity index (χ4n) is 8.67. The van der Waals surface area contributed by atoms with Crippen LogP contribution in [0.5, 0.6) is 0 Å². The SMILES string of the molecule is C[C@H](CCC(O)C(C)(C)O)C1CC[C@H]2C3C(=O)CC4CC(=O)CCC4(C)[C@H]3CCC12C. The number of carbonyl (C=O) groups is 2. The number of aliphatic hydroxyl groups excluding tert-OH is 1. The predicted octanol–water partition coefficient (Wildman–Crippen LogP) is 4.94. The minimum atomic E-state index is -1.05. The molecule has 0 spiro atoms. The number of hydrogen-bond donors (Lipinski definition) is 2. The molecule has 4 aliphatic rings. The van der Waals surface area contributed by atoms with Crippen molar-refractivity contribution in [1.29, 1.82) is 0 Å². The first kappa shape index (κ1) is 23.4. The zero-order valence-electron chi connectivity index (χ0n) is 20.3. The van der Waals surface area contributed by atoms with Gasteiger partial charge in [-0.25, -0.2) is 0 Å². The largest absolute Gasteiger partial charge is 0.390 e. The summed E-state index contributed by atoms with van der Waals surface area (Å²) in [4.78, 5) is 25.6. The smallest absolute Gasteiger partial charge is 0.136 e. The van der Waals surface area contributed by atoms with E-state index in [1.165, 1.54) is 12.8 Å². The zero-order chi connectivity index (χ0) is 22.8. The standard InChI is InChI=1S/C27H44O4/c1-16(6-9-23(30)25(2,3)31)19-7-8-20-24-21(11-13-27(19,20)5)26(4)12-10-18(28)14-17(26)15-22(24)29/h16-17,19-21,23-24,30-31H,6-15H2,1-5H3/t16-,17?,19?,20+,21+,23?,24?,26?,27?/m1/s1. The van der Waals surface area contributed by atoms with Gasteiger partial charge in [-0.1, -0.05) is 20.8 Å². The van der Waals surface area contributed by atoms with E-state index in [0.717, 1.165) is 25.7 Å². The molecule has 0 aromatic carbocycles. The van der Waals surface area contributed by atoms with Crippen molar-refractivity contribution in [3.05, 3.63) is 0 Å². The van der Waals surface area contributed by atoms with Crippen LogP contribution in [0.2, 0.25) is 0 Å². The highest BCUT2D eigenvalue weighted by Gasteiger charge is 2.63. The molecule has 4 rings (SSSR count). The Morgan fingerprint density at radius 3 is 2.35 bits per heavy atom. The van der Waals surface area contributed by atoms with Gasteiger partial charge in [-0.2, -0.15) is 0 Å². The molecule has 9 atom stereocenters. The second kappa shape index (κ2) is 7.94. The second-order valence-corrected chi connectivity index (χ2v) is 12.8. The molecule has 0 aliphatic heterocycles. The average molecular weight is 433 g/mol. The minimum absolute atomic E-state index is 0.161. The second-order valence-electron chi connectivity index (χ2n) is 12.8. The molecule has 0 aromatic heterocycles. The lowest BCUT2D eigenvalue weighted by Gasteiger charge is -2.59. The maximum absolute atomic E-state index is 13.4. The molecule has 6 unspecified atom stereocenters. The molecule has 0 heterocycles. The van der Waals surface area contributed by atoms with Gasteiger partial charge in [0.1, 0.15) is 11.6 Å². The van der Waals surface area contributed by atoms with Gasteiger partial charge >= 0.3 is 0 Å². The predicted molar refractivity (Wildman–Crippen MR) is 121 cm³/mol. The summed E-state index contributed by atoms with van der Waals surface area (Å²) < 4.78 is 0. The van der Waals surface area contributed by atoms with Crippen molar-refractivity contribution < 1.29 is 19.8 Å². The average Bonchev–Trinajstić information content (AvgIpc) is 3.03. The van der Waals surface area contributed by atoms with Gasteiger partial charge in [0.25, 0.3) is 0 Å². The number of ketones is 2. The fraction of sp³-hybridized carbons (Fsp3) is 0.926. The van der Waals surface area contributed by atoms with Crippen molar-refractivity contribution in [3.8, 4) is 0 Å². The summed E-state index contributed by atoms with van der Waals surface area (Å²) >= 11 is 0. The molecular weight excluding hydrogens is 388 g/mol. The van der Waals surface area contributed by atoms with Crippen molar-refractivity contribution in [2.24, 2.45) is 46.3 Å². The monoisotopic (exact) mass is 432 g/mol. The molecule has 4 nitrogen and oxygen atoms in total. The van der Waals surface area contributed by atoms with Crippen LogP contribution < -0.4 is 0 Å². The van der Waals surface area contributed by atoms with Crippen LogP contribution in [0.3, 0.4) is 0 Å². The van der Waals surface area contributed by atoms with Crippen LogP contribution in [-0.2, 0) is 9.59 Å². The first-order valence-electron chi connectivity index (χ1n) is 12.8. The Labute approximate surface area is 188 Å². The van der Waals surface area contributed by atoms with Gasteiger partial charge in [0.2, 0.25) is 0 Å². The van der Waals surface area contributed by atoms with Gasteiger partial charge in [-0.05, 0) is 99.2 Å². The van der Waals surface area contributed by atoms with Crippen LogP contribution in [0.15, 0.2) is 0 Å². The van der Waals surface area contributed by atoms with Crippen molar-refractivity contribution >= 4 is 11.6 Å². The van der Waals surface area contributed by atoms with E-state index < -0.39 is 11.7 Å². The van der Waals surface area contributed by atoms with E-state index in [0.29, 0.717) is 60.9 Å². The van der Waals surface area contributed by atoms with E-state index in [1.54, 1.807) is 13.8 Å². The van der Waals surface area contributed by atoms with Crippen LogP contribution >= 0.6 is 0 Å². The third kappa shape index (κ3) is 3.84. The van der Waals surface area contributed by atoms with Crippen molar-refractivity contribution in [1.82, 2.24) is 0 Å². The molecule has 4 saturated carbocycles. The Hall–Kier alpha value is -0.740. The third-order valence-corrected chi connectivity index (χ3v) is 10.8. The molecule has 0 bridgehead atoms. The number of hydrogen-bond acceptors (Lipinski definition) is 4. The summed E-state index contributed by atoms with van der Waals surface area (Å²) in [6.45, 7) is 10.5. The Kier molecular flexibility index (Phi) is 6.00. The number of Topliss-reactive ketones (excluding diaryl/α,β-unsaturated/α-hetero) is 2. The Bertz CT molecular complexity index is 723. The van der Waals surface area contributed by atoms with Crippen LogP contribution in [0, 0.1) is 46.3 Å². The van der Waals surface area contributed by atoms with E-state index in [4.69, 9.17) is 0 Å². The summed E-state index contributed by atoms with van der Waals surface area (Å²) in [5, 5.41) is 20.4.